The van der Waals surface area contributed by atoms with Crippen LogP contribution in [0.15, 0.2) is 58.4 Å². The van der Waals surface area contributed by atoms with Gasteiger partial charge in [0.15, 0.2) is 5.96 Å². The van der Waals surface area contributed by atoms with Gasteiger partial charge in [-0.3, -0.25) is 9.79 Å². The number of aryl methyl sites for hydroxylation is 1. The SMILES string of the molecule is CC(C)c1cccc(NC(N)=NCCCCn2ccccc2=O)c1.I. The van der Waals surface area contributed by atoms with Gasteiger partial charge in [-0.2, -0.15) is 0 Å². The van der Waals surface area contributed by atoms with E-state index < -0.39 is 0 Å². The quantitative estimate of drug-likeness (QED) is 0.289. The molecule has 1 heterocycles. The first kappa shape index (κ1) is 21.2. The fraction of sp³-hybridized carbons (Fsp3) is 0.368. The van der Waals surface area contributed by atoms with Gasteiger partial charge in [0.2, 0.25) is 5.56 Å². The molecular formula is C19H27IN4O. The largest absolute Gasteiger partial charge is 0.370 e. The molecule has 0 aliphatic rings. The first-order valence-electron chi connectivity index (χ1n) is 8.38. The Bertz CT molecular complexity index is 740. The molecule has 0 radical (unpaired) electrons. The van der Waals surface area contributed by atoms with Gasteiger partial charge in [0.05, 0.1) is 0 Å². The van der Waals surface area contributed by atoms with Gasteiger partial charge in [-0.1, -0.05) is 32.0 Å². The maximum atomic E-state index is 11.6. The monoisotopic (exact) mass is 454 g/mol. The standard InChI is InChI=1S/C19H26N4O.HI/c1-15(2)16-8-7-9-17(14-16)22-19(20)21-11-4-6-13-23-12-5-3-10-18(23)24;/h3,5,7-10,12,14-15H,4,6,11,13H2,1-2H3,(H3,20,21,22);1H. The van der Waals surface area contributed by atoms with Crippen molar-refractivity contribution in [1.82, 2.24) is 4.57 Å². The number of rotatable bonds is 7. The Balaban J connectivity index is 0.00000312. The van der Waals surface area contributed by atoms with Crippen LogP contribution in [0.5, 0.6) is 0 Å². The first-order valence-corrected chi connectivity index (χ1v) is 8.38. The van der Waals surface area contributed by atoms with E-state index in [0.717, 1.165) is 18.5 Å². The van der Waals surface area contributed by atoms with E-state index in [4.69, 9.17) is 5.73 Å². The van der Waals surface area contributed by atoms with Gasteiger partial charge < -0.3 is 15.6 Å². The highest BCUT2D eigenvalue weighted by atomic mass is 127. The van der Waals surface area contributed by atoms with Crippen LogP contribution in [0.25, 0.3) is 0 Å². The lowest BCUT2D eigenvalue weighted by atomic mass is 10.0. The van der Waals surface area contributed by atoms with Crippen LogP contribution in [-0.2, 0) is 6.54 Å². The molecule has 0 unspecified atom stereocenters. The lowest BCUT2D eigenvalue weighted by Crippen LogP contribution is -2.23. The van der Waals surface area contributed by atoms with Crippen molar-refractivity contribution in [3.63, 3.8) is 0 Å². The van der Waals surface area contributed by atoms with Crippen LogP contribution in [-0.4, -0.2) is 17.1 Å². The second kappa shape index (κ2) is 10.9. The van der Waals surface area contributed by atoms with E-state index in [1.54, 1.807) is 16.7 Å². The third-order valence-electron chi connectivity index (χ3n) is 3.81. The summed E-state index contributed by atoms with van der Waals surface area (Å²) < 4.78 is 1.71. The molecule has 2 aromatic rings. The Kier molecular flexibility index (Phi) is 9.26. The van der Waals surface area contributed by atoms with E-state index >= 15 is 0 Å². The van der Waals surface area contributed by atoms with Gasteiger partial charge >= 0.3 is 0 Å². The van der Waals surface area contributed by atoms with Crippen LogP contribution in [0.4, 0.5) is 5.69 Å². The van der Waals surface area contributed by atoms with E-state index in [-0.39, 0.29) is 29.5 Å². The van der Waals surface area contributed by atoms with E-state index in [0.29, 0.717) is 25.0 Å². The summed E-state index contributed by atoms with van der Waals surface area (Å²) in [4.78, 5) is 15.9. The number of guanidine groups is 1. The third-order valence-corrected chi connectivity index (χ3v) is 3.81. The van der Waals surface area contributed by atoms with Crippen LogP contribution in [0.1, 0.15) is 38.2 Å². The zero-order valence-corrected chi connectivity index (χ0v) is 17.1. The Hall–Kier alpha value is -1.83. The topological polar surface area (TPSA) is 72.4 Å². The highest BCUT2D eigenvalue weighted by Crippen LogP contribution is 2.18. The molecule has 1 aromatic carbocycles. The van der Waals surface area contributed by atoms with Crippen molar-refractivity contribution < 1.29 is 0 Å². The molecule has 0 fully saturated rings. The Labute approximate surface area is 166 Å². The number of nitrogens with two attached hydrogens (primary N) is 1. The summed E-state index contributed by atoms with van der Waals surface area (Å²) in [7, 11) is 0. The van der Waals surface area contributed by atoms with Crippen molar-refractivity contribution >= 4 is 35.6 Å². The van der Waals surface area contributed by atoms with Crippen molar-refractivity contribution in [2.75, 3.05) is 11.9 Å². The van der Waals surface area contributed by atoms with Crippen molar-refractivity contribution in [3.8, 4) is 0 Å². The molecule has 0 saturated heterocycles. The molecule has 0 spiro atoms. The van der Waals surface area contributed by atoms with Gasteiger partial charge in [-0.05, 0) is 42.5 Å². The summed E-state index contributed by atoms with van der Waals surface area (Å²) in [6.45, 7) is 5.67. The van der Waals surface area contributed by atoms with Gasteiger partial charge in [-0.25, -0.2) is 0 Å². The lowest BCUT2D eigenvalue weighted by molar-refractivity contribution is 0.599. The number of aromatic nitrogens is 1. The molecule has 3 N–H and O–H groups in total. The molecule has 5 nitrogen and oxygen atoms in total. The van der Waals surface area contributed by atoms with Gasteiger partial charge in [0.1, 0.15) is 0 Å². The van der Waals surface area contributed by atoms with Crippen molar-refractivity contribution in [3.05, 3.63) is 64.6 Å². The predicted octanol–water partition coefficient (Wildman–Crippen LogP) is 3.80. The van der Waals surface area contributed by atoms with Crippen molar-refractivity contribution in [2.45, 2.75) is 39.2 Å². The molecule has 0 bridgehead atoms. The molecule has 6 heteroatoms. The summed E-state index contributed by atoms with van der Waals surface area (Å²) in [5.74, 6) is 0.902. The molecule has 0 saturated carbocycles. The highest BCUT2D eigenvalue weighted by Gasteiger charge is 2.01. The molecule has 0 aliphatic carbocycles. The number of benzene rings is 1. The minimum absolute atomic E-state index is 0. The number of aliphatic imine (C=N–C) groups is 1. The van der Waals surface area contributed by atoms with Crippen LogP contribution in [0, 0.1) is 0 Å². The van der Waals surface area contributed by atoms with E-state index in [1.807, 2.05) is 24.4 Å². The normalized spacial score (nSPS) is 11.2. The number of hydrogen-bond donors (Lipinski definition) is 2. The maximum absolute atomic E-state index is 11.6. The highest BCUT2D eigenvalue weighted by molar-refractivity contribution is 14.0. The number of nitrogens with one attached hydrogen (secondary N) is 1. The molecule has 0 aliphatic heterocycles. The number of nitrogens with zero attached hydrogens (tertiary/aromatic N) is 2. The zero-order chi connectivity index (χ0) is 17.4. The van der Waals surface area contributed by atoms with Crippen LogP contribution in [0.2, 0.25) is 0 Å². The van der Waals surface area contributed by atoms with Crippen molar-refractivity contribution in [2.24, 2.45) is 10.7 Å². The summed E-state index contributed by atoms with van der Waals surface area (Å²) in [6, 6.07) is 13.4. The minimum atomic E-state index is 0. The second-order valence-electron chi connectivity index (χ2n) is 6.11. The molecular weight excluding hydrogens is 427 g/mol. The molecule has 25 heavy (non-hydrogen) atoms. The summed E-state index contributed by atoms with van der Waals surface area (Å²) in [6.07, 6.45) is 3.59. The van der Waals surface area contributed by atoms with Crippen LogP contribution in [0.3, 0.4) is 0 Å². The van der Waals surface area contributed by atoms with E-state index in [9.17, 15) is 4.79 Å². The summed E-state index contributed by atoms with van der Waals surface area (Å²) in [5, 5.41) is 3.13. The smallest absolute Gasteiger partial charge is 0.250 e. The summed E-state index contributed by atoms with van der Waals surface area (Å²) in [5.41, 5.74) is 8.19. The fourth-order valence-corrected chi connectivity index (χ4v) is 2.40. The molecule has 0 atom stereocenters. The number of unbranched alkanes of at least 4 members (excludes halogenated alkanes) is 1. The van der Waals surface area contributed by atoms with E-state index in [1.165, 1.54) is 5.56 Å². The molecule has 2 rings (SSSR count). The second-order valence-corrected chi connectivity index (χ2v) is 6.11. The minimum Gasteiger partial charge on any atom is -0.370 e. The third kappa shape index (κ3) is 7.29. The maximum Gasteiger partial charge on any atom is 0.250 e. The Morgan fingerprint density at radius 2 is 2.00 bits per heavy atom. The molecule has 0 amide bonds. The van der Waals surface area contributed by atoms with Gasteiger partial charge in [0.25, 0.3) is 0 Å². The lowest BCUT2D eigenvalue weighted by Gasteiger charge is -2.10. The van der Waals surface area contributed by atoms with Gasteiger partial charge in [-0.15, -0.1) is 24.0 Å². The fourth-order valence-electron chi connectivity index (χ4n) is 2.40. The Morgan fingerprint density at radius 1 is 1.20 bits per heavy atom. The van der Waals surface area contributed by atoms with E-state index in [2.05, 4.69) is 36.3 Å². The number of hydrogen-bond acceptors (Lipinski definition) is 2. The average Bonchev–Trinajstić information content (AvgIpc) is 2.56. The Morgan fingerprint density at radius 3 is 2.72 bits per heavy atom. The first-order chi connectivity index (χ1) is 11.6. The number of halogens is 1. The van der Waals surface area contributed by atoms with Crippen molar-refractivity contribution in [1.29, 1.82) is 0 Å². The molecule has 136 valence electrons. The van der Waals surface area contributed by atoms with Crippen LogP contribution >= 0.6 is 24.0 Å². The molecule has 1 aromatic heterocycles. The number of anilines is 1. The van der Waals surface area contributed by atoms with Crippen LogP contribution < -0.4 is 16.6 Å². The predicted molar refractivity (Wildman–Crippen MR) is 116 cm³/mol. The zero-order valence-electron chi connectivity index (χ0n) is 14.8. The summed E-state index contributed by atoms with van der Waals surface area (Å²) >= 11 is 0. The average molecular weight is 454 g/mol. The van der Waals surface area contributed by atoms with Gasteiger partial charge in [0, 0.05) is 31.0 Å². The number of pyridine rings is 1.